The Bertz CT molecular complexity index is 998. The van der Waals surface area contributed by atoms with Gasteiger partial charge in [0.05, 0.1) is 12.0 Å². The molecule has 0 fully saturated rings. The van der Waals surface area contributed by atoms with Gasteiger partial charge in [-0.15, -0.1) is 0 Å². The van der Waals surface area contributed by atoms with E-state index in [4.69, 9.17) is 19.6 Å². The Morgan fingerprint density at radius 1 is 1.03 bits per heavy atom. The molecule has 0 aliphatic carbocycles. The van der Waals surface area contributed by atoms with Crippen LogP contribution in [0, 0.1) is 5.82 Å². The van der Waals surface area contributed by atoms with Crippen LogP contribution in [0.25, 0.3) is 11.3 Å². The van der Waals surface area contributed by atoms with Crippen LogP contribution in [0.3, 0.4) is 0 Å². The van der Waals surface area contributed by atoms with Crippen molar-refractivity contribution in [2.24, 2.45) is 5.73 Å². The fourth-order valence-corrected chi connectivity index (χ4v) is 2.66. The monoisotopic (exact) mass is 397 g/mol. The number of halogens is 1. The van der Waals surface area contributed by atoms with Crippen molar-refractivity contribution in [3.05, 3.63) is 77.8 Å². The van der Waals surface area contributed by atoms with Gasteiger partial charge in [0, 0.05) is 6.42 Å². The van der Waals surface area contributed by atoms with Gasteiger partial charge in [0.25, 0.3) is 5.91 Å². The number of amides is 1. The first-order chi connectivity index (χ1) is 14.0. The molecule has 0 unspecified atom stereocenters. The molecule has 0 aliphatic heterocycles. The summed E-state index contributed by atoms with van der Waals surface area (Å²) in [6.07, 6.45) is 0.469. The van der Waals surface area contributed by atoms with Crippen molar-refractivity contribution in [1.29, 1.82) is 0 Å². The Labute approximate surface area is 167 Å². The first kappa shape index (κ1) is 20.1. The third-order valence-electron chi connectivity index (χ3n) is 4.06. The van der Waals surface area contributed by atoms with Crippen molar-refractivity contribution in [1.82, 2.24) is 0 Å². The van der Waals surface area contributed by atoms with Crippen LogP contribution < -0.4 is 10.5 Å². The predicted molar refractivity (Wildman–Crippen MR) is 103 cm³/mol. The third-order valence-corrected chi connectivity index (χ3v) is 4.06. The van der Waals surface area contributed by atoms with Gasteiger partial charge in [-0.2, -0.15) is 0 Å². The van der Waals surface area contributed by atoms with Crippen molar-refractivity contribution in [3.8, 4) is 17.1 Å². The molecule has 0 spiro atoms. The summed E-state index contributed by atoms with van der Waals surface area (Å²) >= 11 is 0. The molecule has 150 valence electrons. The molecule has 2 aromatic carbocycles. The minimum atomic E-state index is -0.571. The minimum absolute atomic E-state index is 0.0746. The lowest BCUT2D eigenvalue weighted by atomic mass is 10.1. The molecule has 0 radical (unpaired) electrons. The van der Waals surface area contributed by atoms with Crippen LogP contribution in [0.2, 0.25) is 0 Å². The Hall–Kier alpha value is -3.61. The fourth-order valence-electron chi connectivity index (χ4n) is 2.66. The van der Waals surface area contributed by atoms with Crippen LogP contribution in [0.4, 0.5) is 4.39 Å². The standard InChI is InChI=1S/C22H20FNO5/c23-19-7-2-1-6-18(19)20-10-8-16(29-20)9-11-22(26)28-13-15-4-3-5-17(12-15)27-14-21(24)25/h1-8,10,12H,9,11,13-14H2,(H2,24,25). The van der Waals surface area contributed by atoms with Crippen molar-refractivity contribution in [2.45, 2.75) is 19.4 Å². The Morgan fingerprint density at radius 3 is 2.66 bits per heavy atom. The zero-order valence-electron chi connectivity index (χ0n) is 15.6. The zero-order chi connectivity index (χ0) is 20.6. The van der Waals surface area contributed by atoms with E-state index in [2.05, 4.69) is 0 Å². The van der Waals surface area contributed by atoms with E-state index in [9.17, 15) is 14.0 Å². The highest BCUT2D eigenvalue weighted by Crippen LogP contribution is 2.25. The summed E-state index contributed by atoms with van der Waals surface area (Å²) < 4.78 is 29.9. The molecular formula is C22H20FNO5. The average molecular weight is 397 g/mol. The van der Waals surface area contributed by atoms with E-state index in [1.54, 1.807) is 54.6 Å². The van der Waals surface area contributed by atoms with E-state index >= 15 is 0 Å². The number of carbonyl (C=O) groups excluding carboxylic acids is 2. The van der Waals surface area contributed by atoms with Gasteiger partial charge in [-0.3, -0.25) is 9.59 Å². The SMILES string of the molecule is NC(=O)COc1cccc(COC(=O)CCc2ccc(-c3ccccc3F)o2)c1. The maximum Gasteiger partial charge on any atom is 0.306 e. The largest absolute Gasteiger partial charge is 0.484 e. The second kappa shape index (κ2) is 9.54. The van der Waals surface area contributed by atoms with Crippen molar-refractivity contribution in [2.75, 3.05) is 6.61 Å². The van der Waals surface area contributed by atoms with Gasteiger partial charge in [0.1, 0.15) is 29.7 Å². The van der Waals surface area contributed by atoms with Crippen LogP contribution >= 0.6 is 0 Å². The first-order valence-corrected chi connectivity index (χ1v) is 9.00. The van der Waals surface area contributed by atoms with Gasteiger partial charge in [-0.05, 0) is 42.0 Å². The van der Waals surface area contributed by atoms with E-state index in [0.717, 1.165) is 5.56 Å². The number of ether oxygens (including phenoxy) is 2. The van der Waals surface area contributed by atoms with Crippen LogP contribution in [0.15, 0.2) is 65.1 Å². The summed E-state index contributed by atoms with van der Waals surface area (Å²) in [5.74, 6) is 0.125. The highest BCUT2D eigenvalue weighted by atomic mass is 19.1. The maximum atomic E-state index is 13.8. The molecule has 0 aliphatic rings. The molecular weight excluding hydrogens is 377 g/mol. The molecule has 3 aromatic rings. The Kier molecular flexibility index (Phi) is 6.63. The van der Waals surface area contributed by atoms with E-state index in [1.807, 2.05) is 0 Å². The topological polar surface area (TPSA) is 91.8 Å². The third kappa shape index (κ3) is 5.93. The number of aryl methyl sites for hydroxylation is 1. The highest BCUT2D eigenvalue weighted by Gasteiger charge is 2.11. The first-order valence-electron chi connectivity index (χ1n) is 9.00. The summed E-state index contributed by atoms with van der Waals surface area (Å²) in [5.41, 5.74) is 6.14. The molecule has 0 saturated heterocycles. The van der Waals surface area contributed by atoms with E-state index in [1.165, 1.54) is 6.07 Å². The van der Waals surface area contributed by atoms with E-state index in [0.29, 0.717) is 29.3 Å². The number of rotatable bonds is 9. The summed E-state index contributed by atoms with van der Waals surface area (Å²) in [7, 11) is 0. The molecule has 0 saturated carbocycles. The van der Waals surface area contributed by atoms with E-state index in [-0.39, 0.29) is 25.5 Å². The normalized spacial score (nSPS) is 10.5. The van der Waals surface area contributed by atoms with Gasteiger partial charge in [-0.25, -0.2) is 4.39 Å². The van der Waals surface area contributed by atoms with Gasteiger partial charge < -0.3 is 19.6 Å². The number of primary amides is 1. The number of nitrogens with two attached hydrogens (primary N) is 1. The molecule has 29 heavy (non-hydrogen) atoms. The predicted octanol–water partition coefficient (Wildman–Crippen LogP) is 3.63. The maximum absolute atomic E-state index is 13.8. The van der Waals surface area contributed by atoms with Gasteiger partial charge in [0.15, 0.2) is 6.61 Å². The number of esters is 1. The molecule has 6 nitrogen and oxygen atoms in total. The van der Waals surface area contributed by atoms with Crippen LogP contribution in [-0.4, -0.2) is 18.5 Å². The lowest BCUT2D eigenvalue weighted by Gasteiger charge is -2.07. The lowest BCUT2D eigenvalue weighted by Crippen LogP contribution is -2.20. The zero-order valence-corrected chi connectivity index (χ0v) is 15.6. The molecule has 3 rings (SSSR count). The van der Waals surface area contributed by atoms with Crippen LogP contribution in [0.5, 0.6) is 5.75 Å². The Balaban J connectivity index is 1.48. The number of furan rings is 1. The summed E-state index contributed by atoms with van der Waals surface area (Å²) in [6, 6.07) is 16.6. The van der Waals surface area contributed by atoms with Crippen LogP contribution in [0.1, 0.15) is 17.7 Å². The summed E-state index contributed by atoms with van der Waals surface area (Å²) in [5, 5.41) is 0. The summed E-state index contributed by atoms with van der Waals surface area (Å²) in [4.78, 5) is 22.8. The minimum Gasteiger partial charge on any atom is -0.484 e. The quantitative estimate of drug-likeness (QED) is 0.557. The highest BCUT2D eigenvalue weighted by molar-refractivity contribution is 5.75. The van der Waals surface area contributed by atoms with Crippen molar-refractivity contribution in [3.63, 3.8) is 0 Å². The number of benzene rings is 2. The summed E-state index contributed by atoms with van der Waals surface area (Å²) in [6.45, 7) is -0.146. The van der Waals surface area contributed by atoms with Crippen molar-refractivity contribution >= 4 is 11.9 Å². The fraction of sp³-hybridized carbons (Fsp3) is 0.182. The second-order valence-electron chi connectivity index (χ2n) is 6.31. The van der Waals surface area contributed by atoms with E-state index < -0.39 is 11.9 Å². The molecule has 1 amide bonds. The average Bonchev–Trinajstić information content (AvgIpc) is 3.18. The number of hydrogen-bond donors (Lipinski definition) is 1. The molecule has 0 bridgehead atoms. The van der Waals surface area contributed by atoms with Gasteiger partial charge >= 0.3 is 5.97 Å². The van der Waals surface area contributed by atoms with Gasteiger partial charge in [0.2, 0.25) is 0 Å². The Morgan fingerprint density at radius 2 is 1.86 bits per heavy atom. The van der Waals surface area contributed by atoms with Gasteiger partial charge in [-0.1, -0.05) is 24.3 Å². The molecule has 7 heteroatoms. The number of hydrogen-bond acceptors (Lipinski definition) is 5. The smallest absolute Gasteiger partial charge is 0.306 e. The van der Waals surface area contributed by atoms with Crippen molar-refractivity contribution < 1.29 is 27.9 Å². The molecule has 2 N–H and O–H groups in total. The van der Waals surface area contributed by atoms with Crippen LogP contribution in [-0.2, 0) is 27.4 Å². The molecule has 0 atom stereocenters. The molecule has 1 heterocycles. The number of carbonyl (C=O) groups is 2. The second-order valence-corrected chi connectivity index (χ2v) is 6.31. The lowest BCUT2D eigenvalue weighted by molar-refractivity contribution is -0.145. The molecule has 1 aromatic heterocycles.